The number of carbonyl (C=O) groups excluding carboxylic acids is 1. The number of aromatic nitrogens is 1. The van der Waals surface area contributed by atoms with Crippen LogP contribution in [0, 0.1) is 0 Å². The number of hydrogen-bond acceptors (Lipinski definition) is 3. The van der Waals surface area contributed by atoms with Gasteiger partial charge >= 0.3 is 0 Å². The molecule has 1 atom stereocenters. The molecule has 0 spiro atoms. The van der Waals surface area contributed by atoms with Crippen LogP contribution >= 0.6 is 0 Å². The van der Waals surface area contributed by atoms with E-state index < -0.39 is 0 Å². The predicted molar refractivity (Wildman–Crippen MR) is 76.7 cm³/mol. The highest BCUT2D eigenvalue weighted by Gasteiger charge is 2.31. The maximum Gasteiger partial charge on any atom is 0.239 e. The lowest BCUT2D eigenvalue weighted by molar-refractivity contribution is -0.124. The molecule has 1 aliphatic heterocycles. The number of rotatable bonds is 3. The van der Waals surface area contributed by atoms with Gasteiger partial charge in [0.05, 0.1) is 5.69 Å². The second-order valence-corrected chi connectivity index (χ2v) is 5.05. The number of fused-ring (bicyclic) bond motifs is 1. The van der Waals surface area contributed by atoms with Crippen LogP contribution in [-0.2, 0) is 17.8 Å². The fourth-order valence-electron chi connectivity index (χ4n) is 2.82. The van der Waals surface area contributed by atoms with Gasteiger partial charge in [0.15, 0.2) is 0 Å². The minimum atomic E-state index is -0.359. The van der Waals surface area contributed by atoms with Gasteiger partial charge in [-0.1, -0.05) is 30.3 Å². The van der Waals surface area contributed by atoms with Crippen LogP contribution in [0.4, 0.5) is 0 Å². The molecule has 0 bridgehead atoms. The predicted octanol–water partition coefficient (Wildman–Crippen LogP) is 1.67. The molecule has 0 aliphatic carbocycles. The van der Waals surface area contributed by atoms with Crippen molar-refractivity contribution < 1.29 is 4.79 Å². The fraction of sp³-hybridized carbons (Fsp3) is 0.250. The number of nitrogens with two attached hydrogens (primary N) is 1. The highest BCUT2D eigenvalue weighted by atomic mass is 16.1. The average molecular weight is 267 g/mol. The van der Waals surface area contributed by atoms with Gasteiger partial charge in [-0.15, -0.1) is 0 Å². The lowest BCUT2D eigenvalue weighted by Gasteiger charge is -2.35. The van der Waals surface area contributed by atoms with Gasteiger partial charge in [0.2, 0.25) is 5.91 Å². The molecule has 1 aromatic heterocycles. The van der Waals surface area contributed by atoms with Crippen LogP contribution in [0.2, 0.25) is 0 Å². The van der Waals surface area contributed by atoms with Crippen molar-refractivity contribution in [2.75, 3.05) is 6.54 Å². The van der Waals surface area contributed by atoms with Crippen LogP contribution in [0.3, 0.4) is 0 Å². The quantitative estimate of drug-likeness (QED) is 0.920. The zero-order chi connectivity index (χ0) is 13.9. The largest absolute Gasteiger partial charge is 0.368 e. The van der Waals surface area contributed by atoms with E-state index in [2.05, 4.69) is 16.0 Å². The van der Waals surface area contributed by atoms with Crippen LogP contribution in [-0.4, -0.2) is 22.3 Å². The Labute approximate surface area is 118 Å². The number of hydrogen-bond donors (Lipinski definition) is 1. The normalized spacial score (nSPS) is 18.5. The average Bonchev–Trinajstić information content (AvgIpc) is 2.47. The standard InChI is InChI=1S/C16H17N3O/c17-16(20)15-14-7-2-1-5-12(14)8-10-19(15)11-13-6-3-4-9-18-13/h1-7,9,15H,8,10-11H2,(H2,17,20). The van der Waals surface area contributed by atoms with Crippen molar-refractivity contribution in [2.24, 2.45) is 5.73 Å². The molecule has 1 aromatic carbocycles. The summed E-state index contributed by atoms with van der Waals surface area (Å²) in [5.41, 5.74) is 8.83. The van der Waals surface area contributed by atoms with Gasteiger partial charge in [-0.3, -0.25) is 14.7 Å². The Bertz CT molecular complexity index is 612. The van der Waals surface area contributed by atoms with E-state index in [4.69, 9.17) is 5.73 Å². The fourth-order valence-corrected chi connectivity index (χ4v) is 2.82. The zero-order valence-electron chi connectivity index (χ0n) is 11.2. The van der Waals surface area contributed by atoms with Crippen LogP contribution in [0.15, 0.2) is 48.7 Å². The number of pyridine rings is 1. The second kappa shape index (κ2) is 5.43. The van der Waals surface area contributed by atoms with E-state index in [9.17, 15) is 4.79 Å². The molecule has 2 aromatic rings. The highest BCUT2D eigenvalue weighted by Crippen LogP contribution is 2.30. The van der Waals surface area contributed by atoms with Gasteiger partial charge in [-0.2, -0.15) is 0 Å². The van der Waals surface area contributed by atoms with Crippen LogP contribution < -0.4 is 5.73 Å². The zero-order valence-corrected chi connectivity index (χ0v) is 11.2. The third-order valence-electron chi connectivity index (χ3n) is 3.74. The van der Waals surface area contributed by atoms with E-state index in [0.29, 0.717) is 6.54 Å². The molecule has 1 amide bonds. The van der Waals surface area contributed by atoms with Gasteiger partial charge in [-0.05, 0) is 29.7 Å². The van der Waals surface area contributed by atoms with Gasteiger partial charge in [0, 0.05) is 19.3 Å². The minimum Gasteiger partial charge on any atom is -0.368 e. The molecule has 0 fully saturated rings. The van der Waals surface area contributed by atoms with Gasteiger partial charge in [0.25, 0.3) is 0 Å². The Kier molecular flexibility index (Phi) is 3.48. The van der Waals surface area contributed by atoms with E-state index in [-0.39, 0.29) is 11.9 Å². The molecular formula is C16H17N3O. The van der Waals surface area contributed by atoms with Crippen LogP contribution in [0.1, 0.15) is 22.9 Å². The first-order valence-electron chi connectivity index (χ1n) is 6.77. The Balaban J connectivity index is 1.91. The molecule has 3 rings (SSSR count). The molecule has 0 saturated carbocycles. The molecule has 0 saturated heterocycles. The summed E-state index contributed by atoms with van der Waals surface area (Å²) in [6.07, 6.45) is 2.71. The molecule has 4 heteroatoms. The lowest BCUT2D eigenvalue weighted by Crippen LogP contribution is -2.42. The second-order valence-electron chi connectivity index (χ2n) is 5.05. The Morgan fingerprint density at radius 2 is 2.05 bits per heavy atom. The summed E-state index contributed by atoms with van der Waals surface area (Å²) < 4.78 is 0. The molecule has 102 valence electrons. The Morgan fingerprint density at radius 3 is 2.80 bits per heavy atom. The van der Waals surface area contributed by atoms with Crippen LogP contribution in [0.5, 0.6) is 0 Å². The van der Waals surface area contributed by atoms with Crippen LogP contribution in [0.25, 0.3) is 0 Å². The smallest absolute Gasteiger partial charge is 0.239 e. The first-order chi connectivity index (χ1) is 9.75. The van der Waals surface area contributed by atoms with Crippen molar-refractivity contribution >= 4 is 5.91 Å². The molecule has 1 aliphatic rings. The molecule has 2 N–H and O–H groups in total. The third-order valence-corrected chi connectivity index (χ3v) is 3.74. The molecular weight excluding hydrogens is 250 g/mol. The van der Waals surface area contributed by atoms with Crippen molar-refractivity contribution in [1.82, 2.24) is 9.88 Å². The summed E-state index contributed by atoms with van der Waals surface area (Å²) >= 11 is 0. The van der Waals surface area contributed by atoms with Crippen molar-refractivity contribution in [3.8, 4) is 0 Å². The number of carbonyl (C=O) groups is 1. The SMILES string of the molecule is NC(=O)C1c2ccccc2CCN1Cc1ccccn1. The maximum absolute atomic E-state index is 11.9. The Hall–Kier alpha value is -2.20. The van der Waals surface area contributed by atoms with Gasteiger partial charge in [-0.25, -0.2) is 0 Å². The Morgan fingerprint density at radius 1 is 1.25 bits per heavy atom. The van der Waals surface area contributed by atoms with Gasteiger partial charge < -0.3 is 5.73 Å². The topological polar surface area (TPSA) is 59.2 Å². The first-order valence-corrected chi connectivity index (χ1v) is 6.77. The molecule has 2 heterocycles. The summed E-state index contributed by atoms with van der Waals surface area (Å²) in [5, 5.41) is 0. The number of amides is 1. The monoisotopic (exact) mass is 267 g/mol. The summed E-state index contributed by atoms with van der Waals surface area (Å²) in [7, 11) is 0. The third kappa shape index (κ3) is 2.42. The van der Waals surface area contributed by atoms with E-state index in [0.717, 1.165) is 24.2 Å². The summed E-state index contributed by atoms with van der Waals surface area (Å²) in [4.78, 5) is 18.3. The molecule has 20 heavy (non-hydrogen) atoms. The minimum absolute atomic E-state index is 0.298. The highest BCUT2D eigenvalue weighted by molar-refractivity contribution is 5.82. The maximum atomic E-state index is 11.9. The van der Waals surface area contributed by atoms with Crippen molar-refractivity contribution in [2.45, 2.75) is 19.0 Å². The van der Waals surface area contributed by atoms with Gasteiger partial charge in [0.1, 0.15) is 6.04 Å². The van der Waals surface area contributed by atoms with E-state index >= 15 is 0 Å². The molecule has 4 nitrogen and oxygen atoms in total. The first kappa shape index (κ1) is 12.8. The lowest BCUT2D eigenvalue weighted by atomic mass is 9.92. The van der Waals surface area contributed by atoms with Crippen molar-refractivity contribution in [3.05, 3.63) is 65.5 Å². The number of primary amides is 1. The summed E-state index contributed by atoms with van der Waals surface area (Å²) in [6, 6.07) is 13.5. The summed E-state index contributed by atoms with van der Waals surface area (Å²) in [6.45, 7) is 1.46. The molecule has 0 radical (unpaired) electrons. The van der Waals surface area contributed by atoms with Crippen molar-refractivity contribution in [3.63, 3.8) is 0 Å². The van der Waals surface area contributed by atoms with Crippen molar-refractivity contribution in [1.29, 1.82) is 0 Å². The van der Waals surface area contributed by atoms with E-state index in [1.54, 1.807) is 6.20 Å². The van der Waals surface area contributed by atoms with E-state index in [1.165, 1.54) is 5.56 Å². The number of benzene rings is 1. The molecule has 1 unspecified atom stereocenters. The number of nitrogens with zero attached hydrogens (tertiary/aromatic N) is 2. The summed E-state index contributed by atoms with van der Waals surface area (Å²) in [5.74, 6) is -0.298. The van der Waals surface area contributed by atoms with E-state index in [1.807, 2.05) is 36.4 Å².